The number of nitrogens with one attached hydrogen (secondary N) is 2. The van der Waals surface area contributed by atoms with Gasteiger partial charge in [0.25, 0.3) is 5.91 Å². The van der Waals surface area contributed by atoms with Crippen molar-refractivity contribution < 1.29 is 9.59 Å². The number of anilines is 1. The molecule has 2 amide bonds. The smallest absolute Gasteiger partial charge is 0.261 e. The standard InChI is InChI=1S/C23H21N3O2S2/c1-13-10-14(2)21(15(3)11-13)26-20(27)12-24-22(28)18-8-9-19(29-18)23-25-16-6-4-5-7-17(16)30-23/h4-11H,12H2,1-3H3,(H,24,28)(H,26,27). The zero-order valence-electron chi connectivity index (χ0n) is 16.9. The topological polar surface area (TPSA) is 71.1 Å². The number of carbonyl (C=O) groups is 2. The average molecular weight is 436 g/mol. The largest absolute Gasteiger partial charge is 0.342 e. The second kappa shape index (κ2) is 8.38. The van der Waals surface area contributed by atoms with Crippen LogP contribution in [0.5, 0.6) is 0 Å². The minimum atomic E-state index is -0.264. The van der Waals surface area contributed by atoms with E-state index in [9.17, 15) is 9.59 Å². The monoisotopic (exact) mass is 435 g/mol. The average Bonchev–Trinajstić information content (AvgIpc) is 3.35. The van der Waals surface area contributed by atoms with Gasteiger partial charge in [-0.25, -0.2) is 4.98 Å². The lowest BCUT2D eigenvalue weighted by Crippen LogP contribution is -2.32. The number of amides is 2. The number of fused-ring (bicyclic) bond motifs is 1. The highest BCUT2D eigenvalue weighted by molar-refractivity contribution is 7.26. The van der Waals surface area contributed by atoms with Gasteiger partial charge in [-0.2, -0.15) is 0 Å². The first-order chi connectivity index (χ1) is 14.4. The molecule has 0 spiro atoms. The van der Waals surface area contributed by atoms with Gasteiger partial charge in [-0.15, -0.1) is 22.7 Å². The van der Waals surface area contributed by atoms with Crippen molar-refractivity contribution in [2.75, 3.05) is 11.9 Å². The van der Waals surface area contributed by atoms with Gasteiger partial charge in [0, 0.05) is 5.69 Å². The summed E-state index contributed by atoms with van der Waals surface area (Å²) in [6, 6.07) is 15.7. The van der Waals surface area contributed by atoms with E-state index in [1.54, 1.807) is 17.4 Å². The number of aromatic nitrogens is 1. The minimum Gasteiger partial charge on any atom is -0.342 e. The van der Waals surface area contributed by atoms with Gasteiger partial charge < -0.3 is 10.6 Å². The SMILES string of the molecule is Cc1cc(C)c(NC(=O)CNC(=O)c2ccc(-c3nc4ccccc4s3)s2)c(C)c1. The van der Waals surface area contributed by atoms with Crippen LogP contribution in [0.4, 0.5) is 5.69 Å². The van der Waals surface area contributed by atoms with Crippen molar-refractivity contribution in [2.45, 2.75) is 20.8 Å². The molecule has 0 radical (unpaired) electrons. The second-order valence-electron chi connectivity index (χ2n) is 7.16. The van der Waals surface area contributed by atoms with Gasteiger partial charge in [0.1, 0.15) is 5.01 Å². The Morgan fingerprint density at radius 2 is 1.70 bits per heavy atom. The van der Waals surface area contributed by atoms with Crippen LogP contribution in [0.1, 0.15) is 26.4 Å². The quantitative estimate of drug-likeness (QED) is 0.446. The molecule has 2 N–H and O–H groups in total. The highest BCUT2D eigenvalue weighted by atomic mass is 32.1. The number of hydrogen-bond donors (Lipinski definition) is 2. The zero-order valence-corrected chi connectivity index (χ0v) is 18.5. The Labute approximate surface area is 182 Å². The lowest BCUT2D eigenvalue weighted by atomic mass is 10.1. The Morgan fingerprint density at radius 1 is 0.967 bits per heavy atom. The summed E-state index contributed by atoms with van der Waals surface area (Å²) in [5, 5.41) is 6.49. The molecular weight excluding hydrogens is 414 g/mol. The molecule has 0 aliphatic carbocycles. The van der Waals surface area contributed by atoms with Crippen LogP contribution in [-0.2, 0) is 4.79 Å². The van der Waals surface area contributed by atoms with Crippen molar-refractivity contribution in [3.8, 4) is 9.88 Å². The summed E-state index contributed by atoms with van der Waals surface area (Å²) < 4.78 is 1.12. The molecule has 5 nitrogen and oxygen atoms in total. The molecule has 2 aromatic carbocycles. The van der Waals surface area contributed by atoms with Crippen LogP contribution >= 0.6 is 22.7 Å². The van der Waals surface area contributed by atoms with E-state index in [-0.39, 0.29) is 18.4 Å². The molecule has 0 aliphatic heterocycles. The van der Waals surface area contributed by atoms with Crippen molar-refractivity contribution in [3.05, 3.63) is 70.1 Å². The van der Waals surface area contributed by atoms with E-state index in [0.717, 1.165) is 42.5 Å². The molecule has 0 unspecified atom stereocenters. The van der Waals surface area contributed by atoms with Crippen LogP contribution in [0, 0.1) is 20.8 Å². The van der Waals surface area contributed by atoms with Crippen molar-refractivity contribution in [2.24, 2.45) is 0 Å². The fourth-order valence-electron chi connectivity index (χ4n) is 3.36. The third-order valence-corrected chi connectivity index (χ3v) is 6.98. The number of para-hydroxylation sites is 1. The third kappa shape index (κ3) is 4.27. The van der Waals surface area contributed by atoms with E-state index < -0.39 is 0 Å². The number of carbonyl (C=O) groups excluding carboxylic acids is 2. The Bertz CT molecular complexity index is 1200. The van der Waals surface area contributed by atoms with E-state index in [0.29, 0.717) is 4.88 Å². The fraction of sp³-hybridized carbons (Fsp3) is 0.174. The molecule has 0 saturated heterocycles. The van der Waals surface area contributed by atoms with Crippen LogP contribution in [0.15, 0.2) is 48.5 Å². The van der Waals surface area contributed by atoms with Crippen LogP contribution in [-0.4, -0.2) is 23.3 Å². The molecular formula is C23H21N3O2S2. The van der Waals surface area contributed by atoms with Crippen molar-refractivity contribution >= 4 is 50.4 Å². The Kier molecular flexibility index (Phi) is 5.65. The number of nitrogens with zero attached hydrogens (tertiary/aromatic N) is 1. The fourth-order valence-corrected chi connectivity index (χ4v) is 5.30. The predicted molar refractivity (Wildman–Crippen MR) is 125 cm³/mol. The van der Waals surface area contributed by atoms with E-state index in [4.69, 9.17) is 0 Å². The molecule has 2 heterocycles. The normalized spacial score (nSPS) is 10.9. The summed E-state index contributed by atoms with van der Waals surface area (Å²) in [5.41, 5.74) is 4.92. The summed E-state index contributed by atoms with van der Waals surface area (Å²) >= 11 is 2.98. The van der Waals surface area contributed by atoms with Gasteiger partial charge in [-0.1, -0.05) is 29.8 Å². The number of aryl methyl sites for hydroxylation is 3. The first kappa shape index (κ1) is 20.3. The Hall–Kier alpha value is -3.03. The molecule has 0 bridgehead atoms. The van der Waals surface area contributed by atoms with Crippen molar-refractivity contribution in [3.63, 3.8) is 0 Å². The number of benzene rings is 2. The van der Waals surface area contributed by atoms with Gasteiger partial charge in [0.2, 0.25) is 5.91 Å². The molecule has 152 valence electrons. The Balaban J connectivity index is 1.39. The summed E-state index contributed by atoms with van der Waals surface area (Å²) in [4.78, 5) is 31.0. The van der Waals surface area contributed by atoms with Gasteiger partial charge in [0.15, 0.2) is 0 Å². The molecule has 0 saturated carbocycles. The van der Waals surface area contributed by atoms with Crippen LogP contribution in [0.2, 0.25) is 0 Å². The van der Waals surface area contributed by atoms with E-state index in [2.05, 4.69) is 15.6 Å². The number of thiophene rings is 1. The van der Waals surface area contributed by atoms with Crippen LogP contribution < -0.4 is 10.6 Å². The third-order valence-electron chi connectivity index (χ3n) is 4.69. The predicted octanol–water partition coefficient (Wildman–Crippen LogP) is 5.32. The summed E-state index contributed by atoms with van der Waals surface area (Å²) in [7, 11) is 0. The van der Waals surface area contributed by atoms with Crippen molar-refractivity contribution in [1.29, 1.82) is 0 Å². The molecule has 0 aliphatic rings. The molecule has 7 heteroatoms. The minimum absolute atomic E-state index is 0.0834. The first-order valence-corrected chi connectivity index (χ1v) is 11.2. The lowest BCUT2D eigenvalue weighted by Gasteiger charge is -2.13. The van der Waals surface area contributed by atoms with E-state index in [1.165, 1.54) is 11.3 Å². The second-order valence-corrected chi connectivity index (χ2v) is 9.27. The van der Waals surface area contributed by atoms with Gasteiger partial charge in [-0.05, 0) is 56.2 Å². The van der Waals surface area contributed by atoms with Crippen LogP contribution in [0.25, 0.3) is 20.1 Å². The zero-order chi connectivity index (χ0) is 21.3. The van der Waals surface area contributed by atoms with Gasteiger partial charge in [-0.3, -0.25) is 9.59 Å². The van der Waals surface area contributed by atoms with Gasteiger partial charge >= 0.3 is 0 Å². The Morgan fingerprint density at radius 3 is 2.43 bits per heavy atom. The molecule has 2 aromatic heterocycles. The number of hydrogen-bond acceptors (Lipinski definition) is 5. The van der Waals surface area contributed by atoms with Crippen LogP contribution in [0.3, 0.4) is 0 Å². The summed E-state index contributed by atoms with van der Waals surface area (Å²) in [6.07, 6.45) is 0. The maximum atomic E-state index is 12.5. The highest BCUT2D eigenvalue weighted by Gasteiger charge is 2.15. The molecule has 4 aromatic rings. The molecule has 0 fully saturated rings. The van der Waals surface area contributed by atoms with Gasteiger partial charge in [0.05, 0.1) is 26.5 Å². The van der Waals surface area contributed by atoms with E-state index in [1.807, 2.05) is 63.2 Å². The molecule has 0 atom stereocenters. The lowest BCUT2D eigenvalue weighted by molar-refractivity contribution is -0.115. The van der Waals surface area contributed by atoms with E-state index >= 15 is 0 Å². The highest BCUT2D eigenvalue weighted by Crippen LogP contribution is 2.34. The molecule has 30 heavy (non-hydrogen) atoms. The van der Waals surface area contributed by atoms with Crippen molar-refractivity contribution in [1.82, 2.24) is 10.3 Å². The maximum absolute atomic E-state index is 12.5. The number of thiazole rings is 1. The first-order valence-electron chi connectivity index (χ1n) is 9.52. The maximum Gasteiger partial charge on any atom is 0.261 e. The number of rotatable bonds is 5. The summed E-state index contributed by atoms with van der Waals surface area (Å²) in [6.45, 7) is 5.86. The molecule has 4 rings (SSSR count). The summed E-state index contributed by atoms with van der Waals surface area (Å²) in [5.74, 6) is -0.513.